The zero-order valence-corrected chi connectivity index (χ0v) is 19.1. The van der Waals surface area contributed by atoms with E-state index in [0.717, 1.165) is 30.0 Å². The molecule has 5 rings (SSSR count). The second-order valence-electron chi connectivity index (χ2n) is 10.1. The minimum atomic E-state index is -1.39. The number of ketones is 1. The van der Waals surface area contributed by atoms with Crippen molar-refractivity contribution in [2.45, 2.75) is 58.4 Å². The Kier molecular flexibility index (Phi) is 4.87. The number of anilines is 2. The highest BCUT2D eigenvalue weighted by Crippen LogP contribution is 2.49. The second-order valence-corrected chi connectivity index (χ2v) is 10.1. The fourth-order valence-electron chi connectivity index (χ4n) is 6.38. The summed E-state index contributed by atoms with van der Waals surface area (Å²) in [6.07, 6.45) is -0.153. The molecule has 2 amide bonds. The van der Waals surface area contributed by atoms with Crippen molar-refractivity contribution in [1.82, 2.24) is 5.32 Å². The Balaban J connectivity index is 1.57. The summed E-state index contributed by atoms with van der Waals surface area (Å²) in [5.41, 5.74) is 7.88. The molecular weight excluding hydrogens is 408 g/mol. The lowest BCUT2D eigenvalue weighted by molar-refractivity contribution is -0.151. The van der Waals surface area contributed by atoms with Gasteiger partial charge in [0.2, 0.25) is 11.8 Å². The fraction of sp³-hybridized carbons (Fsp3) is 0.625. The number of nitrogens with two attached hydrogens (primary N) is 1. The number of imide groups is 1. The third-order valence-corrected chi connectivity index (χ3v) is 7.98. The minimum absolute atomic E-state index is 0.0474. The molecule has 1 aromatic rings. The highest BCUT2D eigenvalue weighted by Gasteiger charge is 2.59. The van der Waals surface area contributed by atoms with Gasteiger partial charge in [-0.2, -0.15) is 0 Å². The van der Waals surface area contributed by atoms with E-state index in [1.807, 2.05) is 19.9 Å². The number of amides is 2. The van der Waals surface area contributed by atoms with Crippen molar-refractivity contribution in [2.24, 2.45) is 23.0 Å². The van der Waals surface area contributed by atoms with Crippen molar-refractivity contribution in [3.8, 4) is 0 Å². The van der Waals surface area contributed by atoms with Crippen LogP contribution in [0.5, 0.6) is 0 Å². The number of morpholine rings is 1. The molecule has 0 radical (unpaired) electrons. The first-order valence-electron chi connectivity index (χ1n) is 11.5. The number of carbonyl (C=O) groups excluding carboxylic acids is 3. The number of fused-ring (bicyclic) bond motifs is 4. The van der Waals surface area contributed by atoms with Gasteiger partial charge in [-0.1, -0.05) is 6.07 Å². The first-order chi connectivity index (χ1) is 15.1. The molecule has 3 N–H and O–H groups in total. The monoisotopic (exact) mass is 440 g/mol. The van der Waals surface area contributed by atoms with Crippen molar-refractivity contribution in [3.63, 3.8) is 0 Å². The number of hydrogen-bond acceptors (Lipinski definition) is 7. The molecule has 1 saturated carbocycles. The number of hydrogen-bond donors (Lipinski definition) is 2. The normalized spacial score (nSPS) is 37.3. The molecule has 32 heavy (non-hydrogen) atoms. The molecule has 3 fully saturated rings. The number of rotatable bonds is 3. The molecule has 8 nitrogen and oxygen atoms in total. The van der Waals surface area contributed by atoms with Crippen LogP contribution in [0.25, 0.3) is 0 Å². The Morgan fingerprint density at radius 2 is 1.81 bits per heavy atom. The number of benzene rings is 1. The predicted octanol–water partition coefficient (Wildman–Crippen LogP) is 0.856. The Labute approximate surface area is 188 Å². The molecule has 0 bridgehead atoms. The molecule has 7 atom stereocenters. The van der Waals surface area contributed by atoms with Crippen LogP contribution in [0.15, 0.2) is 18.2 Å². The van der Waals surface area contributed by atoms with Crippen LogP contribution < -0.4 is 20.9 Å². The molecule has 3 heterocycles. The van der Waals surface area contributed by atoms with E-state index in [0.29, 0.717) is 24.4 Å². The van der Waals surface area contributed by atoms with Crippen molar-refractivity contribution in [2.75, 3.05) is 29.4 Å². The summed E-state index contributed by atoms with van der Waals surface area (Å²) in [6, 6.07) is 6.16. The molecule has 172 valence electrons. The van der Waals surface area contributed by atoms with Crippen LogP contribution in [0.1, 0.15) is 33.3 Å². The topological polar surface area (TPSA) is 105 Å². The van der Waals surface area contributed by atoms with Gasteiger partial charge < -0.3 is 20.3 Å². The number of nitrogens with zero attached hydrogens (tertiary/aromatic N) is 2. The Morgan fingerprint density at radius 3 is 2.44 bits per heavy atom. The molecule has 0 spiro atoms. The van der Waals surface area contributed by atoms with Gasteiger partial charge in [0, 0.05) is 44.0 Å². The Hall–Kier alpha value is -2.45. The van der Waals surface area contributed by atoms with E-state index in [1.165, 1.54) is 13.8 Å². The standard InChI is InChI=1S/C24H32N4O4/c1-12-9-28-20-7-17(27-10-18-19(11-27)21(18)25)6-5-16(20)8-24(14(3)29,22(28)13(2)32-12)23(31)26-15(4)30/h5-7,12-13,18-19,21-22H,8-11,25H2,1-4H3,(H,26,30,31)/t12-,13+,18-,19+,21+,22-,24+/m1/s1. The lowest BCUT2D eigenvalue weighted by Crippen LogP contribution is -2.69. The molecule has 8 heteroatoms. The lowest BCUT2D eigenvalue weighted by Gasteiger charge is -2.55. The first kappa shape index (κ1) is 21.4. The van der Waals surface area contributed by atoms with Crippen LogP contribution in [-0.2, 0) is 25.5 Å². The predicted molar refractivity (Wildman–Crippen MR) is 120 cm³/mol. The van der Waals surface area contributed by atoms with Crippen molar-refractivity contribution in [1.29, 1.82) is 0 Å². The van der Waals surface area contributed by atoms with Gasteiger partial charge in [0.15, 0.2) is 0 Å². The van der Waals surface area contributed by atoms with E-state index >= 15 is 0 Å². The van der Waals surface area contributed by atoms with Crippen molar-refractivity contribution < 1.29 is 19.1 Å². The van der Waals surface area contributed by atoms with E-state index < -0.39 is 23.3 Å². The van der Waals surface area contributed by atoms with Gasteiger partial charge in [0.05, 0.1) is 18.2 Å². The summed E-state index contributed by atoms with van der Waals surface area (Å²) >= 11 is 0. The fourth-order valence-corrected chi connectivity index (χ4v) is 6.38. The van der Waals surface area contributed by atoms with Crippen LogP contribution in [-0.4, -0.2) is 61.5 Å². The summed E-state index contributed by atoms with van der Waals surface area (Å²) in [5.74, 6) is -0.0852. The first-order valence-corrected chi connectivity index (χ1v) is 11.5. The third kappa shape index (κ3) is 3.07. The molecular formula is C24H32N4O4. The molecule has 3 aliphatic heterocycles. The Bertz CT molecular complexity index is 984. The summed E-state index contributed by atoms with van der Waals surface area (Å²) in [7, 11) is 0. The maximum atomic E-state index is 13.4. The van der Waals surface area contributed by atoms with Crippen molar-refractivity contribution in [3.05, 3.63) is 23.8 Å². The van der Waals surface area contributed by atoms with Gasteiger partial charge in [-0.05, 0) is 56.7 Å². The average Bonchev–Trinajstić information content (AvgIpc) is 3.10. The van der Waals surface area contributed by atoms with Crippen LogP contribution in [0.2, 0.25) is 0 Å². The second kappa shape index (κ2) is 7.28. The lowest BCUT2D eigenvalue weighted by atomic mass is 9.65. The van der Waals surface area contributed by atoms with E-state index in [4.69, 9.17) is 10.5 Å². The van der Waals surface area contributed by atoms with Gasteiger partial charge >= 0.3 is 0 Å². The number of carbonyl (C=O) groups is 3. The van der Waals surface area contributed by atoms with Gasteiger partial charge in [-0.15, -0.1) is 0 Å². The Morgan fingerprint density at radius 1 is 1.12 bits per heavy atom. The number of ether oxygens (including phenoxy) is 1. The molecule has 1 aliphatic carbocycles. The van der Waals surface area contributed by atoms with Gasteiger partial charge in [0.1, 0.15) is 11.2 Å². The van der Waals surface area contributed by atoms with Crippen molar-refractivity contribution >= 4 is 29.0 Å². The summed E-state index contributed by atoms with van der Waals surface area (Å²) in [4.78, 5) is 42.8. The van der Waals surface area contributed by atoms with Gasteiger partial charge in [0.25, 0.3) is 0 Å². The van der Waals surface area contributed by atoms with Crippen LogP contribution in [0.3, 0.4) is 0 Å². The molecule has 4 aliphatic rings. The smallest absolute Gasteiger partial charge is 0.242 e. The van der Waals surface area contributed by atoms with Crippen LogP contribution >= 0.6 is 0 Å². The van der Waals surface area contributed by atoms with Crippen LogP contribution in [0.4, 0.5) is 11.4 Å². The molecule has 0 unspecified atom stereocenters. The summed E-state index contributed by atoms with van der Waals surface area (Å²) < 4.78 is 6.11. The highest BCUT2D eigenvalue weighted by atomic mass is 16.5. The SMILES string of the molecule is CC(=O)NC(=O)[C@]1(C(C)=O)Cc2ccc(N3C[C@@H]4[C@@H](N)[C@@H]4C3)cc2N2C[C@@H](C)O[C@@H](C)[C@@H]21. The van der Waals surface area contributed by atoms with E-state index in [1.54, 1.807) is 0 Å². The largest absolute Gasteiger partial charge is 0.372 e. The third-order valence-electron chi connectivity index (χ3n) is 7.98. The summed E-state index contributed by atoms with van der Waals surface area (Å²) in [6.45, 7) is 9.18. The van der Waals surface area contributed by atoms with E-state index in [-0.39, 0.29) is 24.4 Å². The quantitative estimate of drug-likeness (QED) is 0.672. The summed E-state index contributed by atoms with van der Waals surface area (Å²) in [5, 5.41) is 2.40. The zero-order chi connectivity index (χ0) is 22.9. The number of Topliss-reactive ketones (excluding diaryl/α,β-unsaturated/α-hetero) is 1. The van der Waals surface area contributed by atoms with E-state index in [2.05, 4.69) is 27.2 Å². The number of nitrogens with one attached hydrogen (secondary N) is 1. The minimum Gasteiger partial charge on any atom is -0.372 e. The van der Waals surface area contributed by atoms with E-state index in [9.17, 15) is 14.4 Å². The number of piperidine rings is 1. The maximum Gasteiger partial charge on any atom is 0.242 e. The zero-order valence-electron chi connectivity index (χ0n) is 19.1. The average molecular weight is 441 g/mol. The van der Waals surface area contributed by atoms with Gasteiger partial charge in [-0.3, -0.25) is 19.7 Å². The molecule has 2 saturated heterocycles. The molecule has 0 aromatic heterocycles. The van der Waals surface area contributed by atoms with Gasteiger partial charge in [-0.25, -0.2) is 0 Å². The highest BCUT2D eigenvalue weighted by molar-refractivity contribution is 6.11. The maximum absolute atomic E-state index is 13.4. The van der Waals surface area contributed by atoms with Crippen LogP contribution in [0, 0.1) is 17.3 Å². The molecule has 1 aromatic carbocycles.